The number of nitrogens with zero attached hydrogens (tertiary/aromatic N) is 1. The van der Waals surface area contributed by atoms with Gasteiger partial charge in [-0.25, -0.2) is 0 Å². The van der Waals surface area contributed by atoms with Gasteiger partial charge in [-0.2, -0.15) is 0 Å². The minimum atomic E-state index is -0.0394. The van der Waals surface area contributed by atoms with Gasteiger partial charge in [0.1, 0.15) is 0 Å². The van der Waals surface area contributed by atoms with Crippen molar-refractivity contribution in [1.29, 1.82) is 0 Å². The first-order valence-electron chi connectivity index (χ1n) is 6.75. The van der Waals surface area contributed by atoms with Gasteiger partial charge in [0.2, 0.25) is 5.91 Å². The molecule has 1 amide bonds. The Balaban J connectivity index is 3.59. The summed E-state index contributed by atoms with van der Waals surface area (Å²) in [5.41, 5.74) is 0. The van der Waals surface area contributed by atoms with Crippen LogP contribution in [-0.2, 0) is 4.79 Å². The fourth-order valence-corrected chi connectivity index (χ4v) is 1.82. The molecule has 4 nitrogen and oxygen atoms in total. The van der Waals surface area contributed by atoms with Crippen LogP contribution in [0.2, 0.25) is 0 Å². The molecule has 0 fully saturated rings. The molecule has 102 valence electrons. The highest BCUT2D eigenvalue weighted by Crippen LogP contribution is 2.08. The molecular weight excluding hydrogens is 218 g/mol. The van der Waals surface area contributed by atoms with E-state index in [4.69, 9.17) is 10.2 Å². The van der Waals surface area contributed by atoms with E-state index in [2.05, 4.69) is 6.92 Å². The molecule has 4 heteroatoms. The minimum Gasteiger partial charge on any atom is -0.395 e. The summed E-state index contributed by atoms with van der Waals surface area (Å²) < 4.78 is 0. The van der Waals surface area contributed by atoms with Gasteiger partial charge in [0.25, 0.3) is 0 Å². The molecule has 0 aromatic heterocycles. The zero-order valence-corrected chi connectivity index (χ0v) is 11.0. The van der Waals surface area contributed by atoms with Crippen LogP contribution in [-0.4, -0.2) is 47.3 Å². The Hall–Kier alpha value is -0.610. The predicted octanol–water partition coefficient (Wildman–Crippen LogP) is 1.55. The predicted molar refractivity (Wildman–Crippen MR) is 68.7 cm³/mol. The molecule has 0 aromatic rings. The molecule has 0 atom stereocenters. The van der Waals surface area contributed by atoms with Gasteiger partial charge in [-0.15, -0.1) is 0 Å². The Morgan fingerprint density at radius 3 is 2.00 bits per heavy atom. The Labute approximate surface area is 105 Å². The van der Waals surface area contributed by atoms with Crippen LogP contribution in [0.4, 0.5) is 0 Å². The van der Waals surface area contributed by atoms with Gasteiger partial charge in [0.05, 0.1) is 13.2 Å². The van der Waals surface area contributed by atoms with Crippen molar-refractivity contribution in [3.05, 3.63) is 0 Å². The van der Waals surface area contributed by atoms with Gasteiger partial charge >= 0.3 is 0 Å². The molecule has 0 heterocycles. The highest BCUT2D eigenvalue weighted by Gasteiger charge is 2.11. The first-order chi connectivity index (χ1) is 8.26. The summed E-state index contributed by atoms with van der Waals surface area (Å²) >= 11 is 0. The van der Waals surface area contributed by atoms with Crippen molar-refractivity contribution in [3.8, 4) is 0 Å². The molecule has 0 unspecified atom stereocenters. The quantitative estimate of drug-likeness (QED) is 0.543. The number of hydrogen-bond donors (Lipinski definition) is 2. The fraction of sp³-hybridized carbons (Fsp3) is 0.923. The second kappa shape index (κ2) is 11.9. The van der Waals surface area contributed by atoms with Crippen molar-refractivity contribution < 1.29 is 15.0 Å². The molecule has 0 aliphatic heterocycles. The molecule has 0 spiro atoms. The Morgan fingerprint density at radius 2 is 1.47 bits per heavy atom. The Bertz CT molecular complexity index is 180. The number of unbranched alkanes of at least 4 members (excludes halogenated alkanes) is 5. The topological polar surface area (TPSA) is 60.8 Å². The number of carbonyl (C=O) groups is 1. The van der Waals surface area contributed by atoms with Crippen molar-refractivity contribution in [1.82, 2.24) is 4.90 Å². The summed E-state index contributed by atoms with van der Waals surface area (Å²) in [6.07, 6.45) is 7.50. The molecule has 0 aliphatic rings. The van der Waals surface area contributed by atoms with Crippen molar-refractivity contribution >= 4 is 5.91 Å². The summed E-state index contributed by atoms with van der Waals surface area (Å²) in [7, 11) is 0. The van der Waals surface area contributed by atoms with E-state index in [-0.39, 0.29) is 19.1 Å². The Morgan fingerprint density at radius 1 is 0.941 bits per heavy atom. The molecule has 0 rings (SSSR count). The standard InChI is InChI=1S/C13H27NO3/c1-2-3-4-5-6-7-8-13(17)14(9-11-15)10-12-16/h15-16H,2-12H2,1H3. The van der Waals surface area contributed by atoms with E-state index >= 15 is 0 Å². The SMILES string of the molecule is CCCCCCCCC(=O)N(CCO)CCO. The van der Waals surface area contributed by atoms with Crippen molar-refractivity contribution in [2.45, 2.75) is 51.9 Å². The first-order valence-corrected chi connectivity index (χ1v) is 6.75. The van der Waals surface area contributed by atoms with Crippen molar-refractivity contribution in [3.63, 3.8) is 0 Å². The maximum absolute atomic E-state index is 11.7. The maximum atomic E-state index is 11.7. The lowest BCUT2D eigenvalue weighted by atomic mass is 10.1. The molecule has 0 bridgehead atoms. The molecule has 2 N–H and O–H groups in total. The van der Waals surface area contributed by atoms with E-state index in [0.717, 1.165) is 12.8 Å². The molecule has 0 saturated carbocycles. The van der Waals surface area contributed by atoms with Gasteiger partial charge in [-0.1, -0.05) is 39.0 Å². The van der Waals surface area contributed by atoms with Gasteiger partial charge in [0.15, 0.2) is 0 Å². The second-order valence-electron chi connectivity index (χ2n) is 4.35. The molecular formula is C13H27NO3. The van der Waals surface area contributed by atoms with Crippen LogP contribution in [0.3, 0.4) is 0 Å². The third-order valence-electron chi connectivity index (χ3n) is 2.84. The lowest BCUT2D eigenvalue weighted by molar-refractivity contribution is -0.132. The largest absolute Gasteiger partial charge is 0.395 e. The second-order valence-corrected chi connectivity index (χ2v) is 4.35. The third-order valence-corrected chi connectivity index (χ3v) is 2.84. The van der Waals surface area contributed by atoms with Crippen LogP contribution in [0.15, 0.2) is 0 Å². The summed E-state index contributed by atoms with van der Waals surface area (Å²) in [6, 6.07) is 0. The molecule has 0 aromatic carbocycles. The van der Waals surface area contributed by atoms with Crippen LogP contribution in [0.25, 0.3) is 0 Å². The summed E-state index contributed by atoms with van der Waals surface area (Å²) in [5.74, 6) is 0.0450. The van der Waals surface area contributed by atoms with E-state index < -0.39 is 0 Å². The maximum Gasteiger partial charge on any atom is 0.222 e. The number of amides is 1. The van der Waals surface area contributed by atoms with Crippen LogP contribution < -0.4 is 0 Å². The van der Waals surface area contributed by atoms with E-state index in [0.29, 0.717) is 19.5 Å². The summed E-state index contributed by atoms with van der Waals surface area (Å²) in [6.45, 7) is 2.76. The summed E-state index contributed by atoms with van der Waals surface area (Å²) in [4.78, 5) is 13.2. The first kappa shape index (κ1) is 16.4. The van der Waals surface area contributed by atoms with Gasteiger partial charge < -0.3 is 15.1 Å². The number of aliphatic hydroxyl groups excluding tert-OH is 2. The van der Waals surface area contributed by atoms with Crippen LogP contribution in [0.5, 0.6) is 0 Å². The van der Waals surface area contributed by atoms with Crippen LogP contribution in [0.1, 0.15) is 51.9 Å². The number of rotatable bonds is 11. The average molecular weight is 245 g/mol. The lowest BCUT2D eigenvalue weighted by Crippen LogP contribution is -2.35. The van der Waals surface area contributed by atoms with E-state index in [1.807, 2.05) is 0 Å². The highest BCUT2D eigenvalue weighted by molar-refractivity contribution is 5.76. The van der Waals surface area contributed by atoms with Crippen molar-refractivity contribution in [2.75, 3.05) is 26.3 Å². The normalized spacial score (nSPS) is 10.5. The van der Waals surface area contributed by atoms with Gasteiger partial charge in [-0.05, 0) is 6.42 Å². The zero-order chi connectivity index (χ0) is 12.9. The molecule has 0 radical (unpaired) electrons. The van der Waals surface area contributed by atoms with Crippen LogP contribution in [0, 0.1) is 0 Å². The Kier molecular flexibility index (Phi) is 11.4. The smallest absolute Gasteiger partial charge is 0.222 e. The minimum absolute atomic E-state index is 0.0394. The molecule has 0 saturated heterocycles. The number of carbonyl (C=O) groups excluding carboxylic acids is 1. The highest BCUT2D eigenvalue weighted by atomic mass is 16.3. The monoisotopic (exact) mass is 245 g/mol. The number of hydrogen-bond acceptors (Lipinski definition) is 3. The zero-order valence-electron chi connectivity index (χ0n) is 11.0. The molecule has 17 heavy (non-hydrogen) atoms. The van der Waals surface area contributed by atoms with E-state index in [9.17, 15) is 4.79 Å². The average Bonchev–Trinajstić information content (AvgIpc) is 2.33. The lowest BCUT2D eigenvalue weighted by Gasteiger charge is -2.20. The molecule has 0 aliphatic carbocycles. The van der Waals surface area contributed by atoms with E-state index in [1.54, 1.807) is 0 Å². The third kappa shape index (κ3) is 9.12. The van der Waals surface area contributed by atoms with Crippen molar-refractivity contribution in [2.24, 2.45) is 0 Å². The van der Waals surface area contributed by atoms with Crippen LogP contribution >= 0.6 is 0 Å². The summed E-state index contributed by atoms with van der Waals surface area (Å²) in [5, 5.41) is 17.6. The van der Waals surface area contributed by atoms with Gasteiger partial charge in [-0.3, -0.25) is 4.79 Å². The number of aliphatic hydroxyl groups is 2. The van der Waals surface area contributed by atoms with E-state index in [1.165, 1.54) is 30.6 Å². The fourth-order valence-electron chi connectivity index (χ4n) is 1.82. The van der Waals surface area contributed by atoms with Gasteiger partial charge in [0, 0.05) is 19.5 Å².